The average molecular weight is 188 g/mol. The van der Waals surface area contributed by atoms with Crippen molar-refractivity contribution in [1.82, 2.24) is 0 Å². The molecule has 1 rings (SSSR count). The molecular formula is C14H20. The summed E-state index contributed by atoms with van der Waals surface area (Å²) in [7, 11) is 0. The predicted molar refractivity (Wildman–Crippen MR) is 62.9 cm³/mol. The van der Waals surface area contributed by atoms with Crippen LogP contribution in [0.25, 0.3) is 0 Å². The van der Waals surface area contributed by atoms with Crippen molar-refractivity contribution in [2.45, 2.75) is 45.4 Å². The molecule has 0 aromatic rings. The second-order valence-corrected chi connectivity index (χ2v) is 4.56. The molecule has 0 nitrogen and oxygen atoms in total. The zero-order chi connectivity index (χ0) is 10.6. The Bertz CT molecular complexity index is 277. The van der Waals surface area contributed by atoms with E-state index in [1.807, 2.05) is 0 Å². The van der Waals surface area contributed by atoms with E-state index in [1.165, 1.54) is 31.3 Å². The number of hydrogen-bond donors (Lipinski definition) is 0. The van der Waals surface area contributed by atoms with Gasteiger partial charge in [0, 0.05) is 0 Å². The van der Waals surface area contributed by atoms with Crippen molar-refractivity contribution in [3.05, 3.63) is 24.3 Å². The number of hydrogen-bond acceptors (Lipinski definition) is 0. The van der Waals surface area contributed by atoms with E-state index in [1.54, 1.807) is 0 Å². The van der Waals surface area contributed by atoms with E-state index < -0.39 is 0 Å². The Kier molecular flexibility index (Phi) is 3.58. The normalized spacial score (nSPS) is 27.0. The van der Waals surface area contributed by atoms with Gasteiger partial charge >= 0.3 is 0 Å². The lowest BCUT2D eigenvalue weighted by molar-refractivity contribution is 0.216. The fraction of sp³-hybridized carbons (Fsp3) is 0.571. The smallest absolute Gasteiger partial charge is 0.00486 e. The third-order valence-corrected chi connectivity index (χ3v) is 3.40. The molecule has 0 aromatic carbocycles. The summed E-state index contributed by atoms with van der Waals surface area (Å²) in [6.07, 6.45) is 12.4. The van der Waals surface area contributed by atoms with Crippen LogP contribution in [0.4, 0.5) is 0 Å². The van der Waals surface area contributed by atoms with E-state index in [0.717, 1.165) is 18.4 Å². The van der Waals surface area contributed by atoms with Gasteiger partial charge in [-0.15, -0.1) is 6.42 Å². The van der Waals surface area contributed by atoms with Gasteiger partial charge in [-0.1, -0.05) is 31.6 Å². The van der Waals surface area contributed by atoms with E-state index in [0.29, 0.717) is 5.41 Å². The standard InChI is InChI=1S/C14H20/c1-5-12(3)10-14(6-2)9-7-8-13(4)11-14/h1H,3-4,6-11H2,2H3/t14-/m1/s1. The molecule has 1 atom stereocenters. The molecule has 0 bridgehead atoms. The van der Waals surface area contributed by atoms with Gasteiger partial charge in [-0.25, -0.2) is 0 Å². The van der Waals surface area contributed by atoms with Crippen molar-refractivity contribution in [3.8, 4) is 12.3 Å². The van der Waals surface area contributed by atoms with Crippen LogP contribution in [0.2, 0.25) is 0 Å². The quantitative estimate of drug-likeness (QED) is 0.462. The Hall–Kier alpha value is -0.960. The predicted octanol–water partition coefficient (Wildman–Crippen LogP) is 4.09. The van der Waals surface area contributed by atoms with Crippen LogP contribution in [-0.4, -0.2) is 0 Å². The van der Waals surface area contributed by atoms with Crippen LogP contribution in [0, 0.1) is 17.8 Å². The maximum atomic E-state index is 5.37. The van der Waals surface area contributed by atoms with Gasteiger partial charge in [0.05, 0.1) is 0 Å². The maximum absolute atomic E-state index is 5.37. The highest BCUT2D eigenvalue weighted by Crippen LogP contribution is 2.45. The molecule has 0 N–H and O–H groups in total. The molecule has 0 aromatic heterocycles. The minimum absolute atomic E-state index is 0.374. The summed E-state index contributed by atoms with van der Waals surface area (Å²) in [6.45, 7) is 10.3. The summed E-state index contributed by atoms with van der Waals surface area (Å²) in [5.41, 5.74) is 2.71. The Morgan fingerprint density at radius 2 is 2.36 bits per heavy atom. The maximum Gasteiger partial charge on any atom is -0.00486 e. The second-order valence-electron chi connectivity index (χ2n) is 4.56. The first-order valence-electron chi connectivity index (χ1n) is 5.43. The van der Waals surface area contributed by atoms with Gasteiger partial charge in [-0.2, -0.15) is 0 Å². The van der Waals surface area contributed by atoms with E-state index in [2.05, 4.69) is 26.0 Å². The van der Waals surface area contributed by atoms with Crippen molar-refractivity contribution in [1.29, 1.82) is 0 Å². The zero-order valence-electron chi connectivity index (χ0n) is 9.23. The van der Waals surface area contributed by atoms with E-state index in [4.69, 9.17) is 6.42 Å². The highest BCUT2D eigenvalue weighted by Gasteiger charge is 2.31. The van der Waals surface area contributed by atoms with Gasteiger partial charge in [0.1, 0.15) is 0 Å². The summed E-state index contributed by atoms with van der Waals surface area (Å²) < 4.78 is 0. The molecule has 0 unspecified atom stereocenters. The summed E-state index contributed by atoms with van der Waals surface area (Å²) in [5.74, 6) is 2.66. The summed E-state index contributed by atoms with van der Waals surface area (Å²) >= 11 is 0. The topological polar surface area (TPSA) is 0 Å². The molecule has 1 saturated carbocycles. The first kappa shape index (κ1) is 11.1. The third kappa shape index (κ3) is 2.51. The molecular weight excluding hydrogens is 168 g/mol. The Morgan fingerprint density at radius 1 is 1.64 bits per heavy atom. The Morgan fingerprint density at radius 3 is 2.86 bits per heavy atom. The Balaban J connectivity index is 2.70. The lowest BCUT2D eigenvalue weighted by Gasteiger charge is -2.37. The van der Waals surface area contributed by atoms with Gasteiger partial charge in [0.25, 0.3) is 0 Å². The van der Waals surface area contributed by atoms with Crippen LogP contribution in [0.15, 0.2) is 24.3 Å². The van der Waals surface area contributed by atoms with Gasteiger partial charge < -0.3 is 0 Å². The highest BCUT2D eigenvalue weighted by molar-refractivity contribution is 5.24. The summed E-state index contributed by atoms with van der Waals surface area (Å²) in [5, 5.41) is 0. The molecule has 1 aliphatic rings. The molecule has 0 aliphatic heterocycles. The van der Waals surface area contributed by atoms with Gasteiger partial charge in [-0.3, -0.25) is 0 Å². The van der Waals surface area contributed by atoms with Gasteiger partial charge in [-0.05, 0) is 49.5 Å². The average Bonchev–Trinajstić information content (AvgIpc) is 2.17. The molecule has 76 valence electrons. The molecule has 0 amide bonds. The monoisotopic (exact) mass is 188 g/mol. The number of terminal acetylenes is 1. The molecule has 0 radical (unpaired) electrons. The molecule has 0 heteroatoms. The second kappa shape index (κ2) is 4.51. The molecule has 14 heavy (non-hydrogen) atoms. The SMILES string of the molecule is C#CC(=C)C[C@@]1(CC)CCCC(=C)C1. The van der Waals surface area contributed by atoms with Crippen LogP contribution in [-0.2, 0) is 0 Å². The Labute approximate surface area is 88.1 Å². The van der Waals surface area contributed by atoms with Gasteiger partial charge in [0.2, 0.25) is 0 Å². The van der Waals surface area contributed by atoms with Crippen LogP contribution >= 0.6 is 0 Å². The van der Waals surface area contributed by atoms with E-state index in [-0.39, 0.29) is 0 Å². The van der Waals surface area contributed by atoms with Crippen molar-refractivity contribution in [2.24, 2.45) is 5.41 Å². The van der Waals surface area contributed by atoms with Crippen molar-refractivity contribution < 1.29 is 0 Å². The van der Waals surface area contributed by atoms with E-state index >= 15 is 0 Å². The first-order valence-corrected chi connectivity index (χ1v) is 5.43. The van der Waals surface area contributed by atoms with Crippen LogP contribution in [0.3, 0.4) is 0 Å². The van der Waals surface area contributed by atoms with Crippen LogP contribution in [0.1, 0.15) is 45.4 Å². The molecule has 0 saturated heterocycles. The van der Waals surface area contributed by atoms with E-state index in [9.17, 15) is 0 Å². The van der Waals surface area contributed by atoms with Crippen molar-refractivity contribution >= 4 is 0 Å². The highest BCUT2D eigenvalue weighted by atomic mass is 14.4. The minimum atomic E-state index is 0.374. The largest absolute Gasteiger partial charge is 0.115 e. The first-order chi connectivity index (χ1) is 6.62. The fourth-order valence-corrected chi connectivity index (χ4v) is 2.50. The van der Waals surface area contributed by atoms with Crippen molar-refractivity contribution in [3.63, 3.8) is 0 Å². The minimum Gasteiger partial charge on any atom is -0.115 e. The zero-order valence-corrected chi connectivity index (χ0v) is 9.23. The molecule has 1 fully saturated rings. The number of allylic oxidation sites excluding steroid dienone is 2. The number of rotatable bonds is 3. The van der Waals surface area contributed by atoms with Crippen LogP contribution in [0.5, 0.6) is 0 Å². The third-order valence-electron chi connectivity index (χ3n) is 3.40. The lowest BCUT2D eigenvalue weighted by Crippen LogP contribution is -2.24. The fourth-order valence-electron chi connectivity index (χ4n) is 2.50. The van der Waals surface area contributed by atoms with Crippen molar-refractivity contribution in [2.75, 3.05) is 0 Å². The molecule has 0 heterocycles. The molecule has 0 spiro atoms. The lowest BCUT2D eigenvalue weighted by atomic mass is 9.67. The summed E-state index contributed by atoms with van der Waals surface area (Å²) in [4.78, 5) is 0. The van der Waals surface area contributed by atoms with Gasteiger partial charge in [0.15, 0.2) is 0 Å². The molecule has 1 aliphatic carbocycles. The van der Waals surface area contributed by atoms with Crippen LogP contribution < -0.4 is 0 Å². The summed E-state index contributed by atoms with van der Waals surface area (Å²) in [6, 6.07) is 0.